The molecule has 0 amide bonds. The molecule has 1 N–H and O–H groups in total. The average Bonchev–Trinajstić information content (AvgIpc) is 3.13. The van der Waals surface area contributed by atoms with E-state index in [1.807, 2.05) is 33.3 Å². The fourth-order valence-corrected chi connectivity index (χ4v) is 5.47. The molecule has 0 spiro atoms. The molecule has 0 aliphatic heterocycles. The maximum absolute atomic E-state index is 12.6. The van der Waals surface area contributed by atoms with Crippen LogP contribution < -0.4 is 4.89 Å². The van der Waals surface area contributed by atoms with E-state index in [9.17, 15) is 24.2 Å². The first kappa shape index (κ1) is 52.2. The van der Waals surface area contributed by atoms with E-state index in [-0.39, 0.29) is 32.5 Å². The highest BCUT2D eigenvalue weighted by molar-refractivity contribution is 7.45. The number of esters is 2. The second kappa shape index (κ2) is 35.6. The predicted octanol–water partition coefficient (Wildman–Crippen LogP) is 9.58. The van der Waals surface area contributed by atoms with Crippen molar-refractivity contribution in [3.05, 3.63) is 85.1 Å². The first-order valence-corrected chi connectivity index (χ1v) is 21.9. The Morgan fingerprint density at radius 3 is 1.89 bits per heavy atom. The number of nitrogens with zero attached hydrogens (tertiary/aromatic N) is 1. The van der Waals surface area contributed by atoms with E-state index < -0.39 is 38.6 Å². The minimum Gasteiger partial charge on any atom is -0.756 e. The Bertz CT molecular complexity index is 1230. The quantitative estimate of drug-likeness (QED) is 0.0167. The monoisotopic (exact) mass is 792 g/mol. The molecule has 3 atom stereocenters. The van der Waals surface area contributed by atoms with Crippen LogP contribution in [0.3, 0.4) is 0 Å². The van der Waals surface area contributed by atoms with E-state index >= 15 is 0 Å². The summed E-state index contributed by atoms with van der Waals surface area (Å²) in [5.74, 6) is -1.14. The van der Waals surface area contributed by atoms with Crippen molar-refractivity contribution < 1.29 is 47.2 Å². The standard InChI is InChI=1S/C44H74NO9P/c1-6-8-10-12-14-16-18-19-20-21-22-24-25-27-29-31-33-41(46)35-36-43(47)51-39-42(40-53-55(49,50)52-38-37-45(3,4)5)54-44(48)34-32-30-28-26-23-17-15-13-11-9-7-2/h8,10,13-16,19-20,22,24,27,29,31,33,41-42,46H,6-7,9,11-12,17-18,21,23,25-26,28,30,32,34-40H2,1-5H3/b10-8-,15-13-,16-14-,20-19-,24-22-,29-27-,33-31-/t41?,42-/m1/s1. The maximum Gasteiger partial charge on any atom is 0.306 e. The Morgan fingerprint density at radius 1 is 0.691 bits per heavy atom. The lowest BCUT2D eigenvalue weighted by Gasteiger charge is -2.28. The van der Waals surface area contributed by atoms with Gasteiger partial charge in [-0.3, -0.25) is 14.2 Å². The molecule has 0 fully saturated rings. The zero-order valence-electron chi connectivity index (χ0n) is 34.7. The Kier molecular flexibility index (Phi) is 33.7. The fraction of sp³-hybridized carbons (Fsp3) is 0.636. The van der Waals surface area contributed by atoms with Crippen molar-refractivity contribution >= 4 is 19.8 Å². The molecule has 0 aliphatic carbocycles. The number of hydrogen-bond donors (Lipinski definition) is 1. The van der Waals surface area contributed by atoms with E-state index in [0.717, 1.165) is 70.6 Å². The van der Waals surface area contributed by atoms with Crippen molar-refractivity contribution in [3.8, 4) is 0 Å². The van der Waals surface area contributed by atoms with Gasteiger partial charge in [0.1, 0.15) is 19.8 Å². The lowest BCUT2D eigenvalue weighted by atomic mass is 10.1. The molecule has 2 unspecified atom stereocenters. The third kappa shape index (κ3) is 39.2. The number of likely N-dealkylation sites (N-methyl/N-ethyl adjacent to an activating group) is 1. The van der Waals surface area contributed by atoms with Gasteiger partial charge in [-0.1, -0.05) is 131 Å². The van der Waals surface area contributed by atoms with Crippen molar-refractivity contribution in [1.29, 1.82) is 0 Å². The van der Waals surface area contributed by atoms with Crippen LogP contribution in [0.25, 0.3) is 0 Å². The fourth-order valence-electron chi connectivity index (χ4n) is 4.74. The first-order chi connectivity index (χ1) is 26.4. The number of phosphoric acid groups is 1. The number of aliphatic hydroxyl groups excluding tert-OH is 1. The number of rotatable bonds is 35. The van der Waals surface area contributed by atoms with Gasteiger partial charge in [-0.15, -0.1) is 0 Å². The van der Waals surface area contributed by atoms with Gasteiger partial charge in [0.25, 0.3) is 7.82 Å². The van der Waals surface area contributed by atoms with Crippen molar-refractivity contribution in [3.63, 3.8) is 0 Å². The third-order valence-electron chi connectivity index (χ3n) is 8.02. The van der Waals surface area contributed by atoms with Gasteiger partial charge >= 0.3 is 11.9 Å². The molecule has 314 valence electrons. The van der Waals surface area contributed by atoms with E-state index in [0.29, 0.717) is 17.4 Å². The van der Waals surface area contributed by atoms with Crippen LogP contribution in [-0.4, -0.2) is 81.2 Å². The number of quaternary nitrogens is 1. The maximum atomic E-state index is 12.6. The third-order valence-corrected chi connectivity index (χ3v) is 8.98. The molecule has 0 aromatic heterocycles. The number of carbonyl (C=O) groups is 2. The van der Waals surface area contributed by atoms with Gasteiger partial charge in [-0.2, -0.15) is 0 Å². The van der Waals surface area contributed by atoms with Gasteiger partial charge in [0.15, 0.2) is 6.10 Å². The second-order valence-corrected chi connectivity index (χ2v) is 15.9. The molecule has 0 saturated heterocycles. The van der Waals surface area contributed by atoms with Crippen molar-refractivity contribution in [1.82, 2.24) is 0 Å². The molecule has 0 radical (unpaired) electrons. The Labute approximate surface area is 333 Å². The van der Waals surface area contributed by atoms with E-state index in [2.05, 4.69) is 74.6 Å². The van der Waals surface area contributed by atoms with Crippen LogP contribution in [-0.2, 0) is 32.7 Å². The number of ether oxygens (including phenoxy) is 2. The summed E-state index contributed by atoms with van der Waals surface area (Å²) in [7, 11) is 1.02. The molecular weight excluding hydrogens is 717 g/mol. The van der Waals surface area contributed by atoms with E-state index in [1.54, 1.807) is 12.2 Å². The molecule has 10 nitrogen and oxygen atoms in total. The topological polar surface area (TPSA) is 131 Å². The second-order valence-electron chi connectivity index (χ2n) is 14.5. The van der Waals surface area contributed by atoms with Crippen molar-refractivity contribution in [2.75, 3.05) is 47.5 Å². The number of unbranched alkanes of at least 4 members (excludes halogenated alkanes) is 7. The number of aliphatic hydroxyl groups is 1. The molecule has 0 aromatic carbocycles. The van der Waals surface area contributed by atoms with Crippen LogP contribution in [0.15, 0.2) is 85.1 Å². The summed E-state index contributed by atoms with van der Waals surface area (Å²) < 4.78 is 33.5. The smallest absolute Gasteiger partial charge is 0.306 e. The van der Waals surface area contributed by atoms with Crippen LogP contribution >= 0.6 is 7.82 Å². The van der Waals surface area contributed by atoms with Gasteiger partial charge in [-0.05, 0) is 64.2 Å². The number of allylic oxidation sites excluding steroid dienone is 13. The summed E-state index contributed by atoms with van der Waals surface area (Å²) in [6.07, 6.45) is 41.0. The Morgan fingerprint density at radius 2 is 1.27 bits per heavy atom. The average molecular weight is 792 g/mol. The predicted molar refractivity (Wildman–Crippen MR) is 223 cm³/mol. The zero-order chi connectivity index (χ0) is 40.9. The summed E-state index contributed by atoms with van der Waals surface area (Å²) in [4.78, 5) is 37.4. The first-order valence-electron chi connectivity index (χ1n) is 20.4. The molecule has 55 heavy (non-hydrogen) atoms. The largest absolute Gasteiger partial charge is 0.756 e. The normalized spacial score (nSPS) is 15.1. The van der Waals surface area contributed by atoms with Gasteiger partial charge in [-0.25, -0.2) is 0 Å². The van der Waals surface area contributed by atoms with Crippen LogP contribution in [0.2, 0.25) is 0 Å². The minimum absolute atomic E-state index is 0.0727. The molecule has 0 bridgehead atoms. The lowest BCUT2D eigenvalue weighted by Crippen LogP contribution is -2.37. The summed E-state index contributed by atoms with van der Waals surface area (Å²) in [5.41, 5.74) is 0. The number of carbonyl (C=O) groups excluding carboxylic acids is 2. The Balaban J connectivity index is 4.65. The van der Waals surface area contributed by atoms with E-state index in [1.165, 1.54) is 12.8 Å². The molecule has 0 rings (SSSR count). The van der Waals surface area contributed by atoms with Crippen LogP contribution in [0.4, 0.5) is 0 Å². The van der Waals surface area contributed by atoms with Gasteiger partial charge < -0.3 is 33.0 Å². The SMILES string of the molecule is CC/C=C\C/C=C\C/C=C\C/C=C\C/C=C\C=C/C(O)CCC(=O)OC[C@H](COP(=O)([O-])OCC[N+](C)(C)C)OC(=O)CCCCCCC/C=C\CCCC. The summed E-state index contributed by atoms with van der Waals surface area (Å²) in [6, 6.07) is 0. The molecule has 0 aliphatic rings. The van der Waals surface area contributed by atoms with E-state index in [4.69, 9.17) is 18.5 Å². The van der Waals surface area contributed by atoms with Crippen LogP contribution in [0.1, 0.15) is 123 Å². The summed E-state index contributed by atoms with van der Waals surface area (Å²) >= 11 is 0. The highest BCUT2D eigenvalue weighted by atomic mass is 31.2. The number of hydrogen-bond acceptors (Lipinski definition) is 9. The zero-order valence-corrected chi connectivity index (χ0v) is 35.6. The Hall–Kier alpha value is -2.85. The van der Waals surface area contributed by atoms with Crippen molar-refractivity contribution in [2.45, 2.75) is 135 Å². The molecule has 11 heteroatoms. The molecular formula is C44H74NO9P. The van der Waals surface area contributed by atoms with Crippen molar-refractivity contribution in [2.24, 2.45) is 0 Å². The molecule has 0 saturated carbocycles. The highest BCUT2D eigenvalue weighted by Gasteiger charge is 2.22. The van der Waals surface area contributed by atoms with Crippen LogP contribution in [0, 0.1) is 0 Å². The molecule has 0 heterocycles. The van der Waals surface area contributed by atoms with Gasteiger partial charge in [0.2, 0.25) is 0 Å². The summed E-state index contributed by atoms with van der Waals surface area (Å²) in [6.45, 7) is 3.74. The molecule has 0 aromatic rings. The van der Waals surface area contributed by atoms with Gasteiger partial charge in [0, 0.05) is 12.8 Å². The lowest BCUT2D eigenvalue weighted by molar-refractivity contribution is -0.870. The van der Waals surface area contributed by atoms with Gasteiger partial charge in [0.05, 0.1) is 33.9 Å². The van der Waals surface area contributed by atoms with Crippen LogP contribution in [0.5, 0.6) is 0 Å². The summed E-state index contributed by atoms with van der Waals surface area (Å²) in [5, 5.41) is 10.3. The minimum atomic E-state index is -4.68. The highest BCUT2D eigenvalue weighted by Crippen LogP contribution is 2.38. The number of phosphoric ester groups is 1.